The molecule has 0 bridgehead atoms. The zero-order valence-corrected chi connectivity index (χ0v) is 10.4. The van der Waals surface area contributed by atoms with Crippen molar-refractivity contribution in [3.63, 3.8) is 0 Å². The zero-order valence-electron chi connectivity index (χ0n) is 8.79. The minimum atomic E-state index is -0.0344. The van der Waals surface area contributed by atoms with Gasteiger partial charge in [-0.2, -0.15) is 0 Å². The van der Waals surface area contributed by atoms with E-state index >= 15 is 0 Å². The van der Waals surface area contributed by atoms with E-state index in [2.05, 4.69) is 29.5 Å². The molecule has 0 aliphatic carbocycles. The predicted octanol–water partition coefficient (Wildman–Crippen LogP) is 1.06. The highest BCUT2D eigenvalue weighted by atomic mass is 32.1. The summed E-state index contributed by atoms with van der Waals surface area (Å²) in [5.41, 5.74) is 0.860. The molecule has 0 atom stereocenters. The van der Waals surface area contributed by atoms with Gasteiger partial charge in [0, 0.05) is 17.6 Å². The van der Waals surface area contributed by atoms with Gasteiger partial charge in [0.1, 0.15) is 0 Å². The van der Waals surface area contributed by atoms with E-state index in [9.17, 15) is 4.79 Å². The molecule has 1 aromatic rings. The van der Waals surface area contributed by atoms with Crippen molar-refractivity contribution < 1.29 is 0 Å². The second-order valence-corrected chi connectivity index (χ2v) is 4.88. The summed E-state index contributed by atoms with van der Waals surface area (Å²) in [6, 6.07) is 0. The molecule has 4 nitrogen and oxygen atoms in total. The van der Waals surface area contributed by atoms with Crippen molar-refractivity contribution in [3.8, 4) is 0 Å². The Morgan fingerprint density at radius 2 is 2.33 bits per heavy atom. The maximum Gasteiger partial charge on any atom is 0.304 e. The van der Waals surface area contributed by atoms with Gasteiger partial charge in [0.15, 0.2) is 5.11 Å². The van der Waals surface area contributed by atoms with Gasteiger partial charge < -0.3 is 15.6 Å². The fraction of sp³-hybridized carbons (Fsp3) is 0.556. The van der Waals surface area contributed by atoms with Gasteiger partial charge >= 0.3 is 4.87 Å². The van der Waals surface area contributed by atoms with E-state index in [0.29, 0.717) is 17.6 Å². The van der Waals surface area contributed by atoms with Crippen molar-refractivity contribution >= 4 is 28.7 Å². The summed E-state index contributed by atoms with van der Waals surface area (Å²) in [4.78, 5) is 13.5. The first-order valence-corrected chi connectivity index (χ1v) is 6.05. The van der Waals surface area contributed by atoms with Crippen LogP contribution >= 0.6 is 23.6 Å². The van der Waals surface area contributed by atoms with Crippen molar-refractivity contribution in [2.75, 3.05) is 6.54 Å². The minimum Gasteiger partial charge on any atom is -0.362 e. The molecule has 0 unspecified atom stereocenters. The normalized spacial score (nSPS) is 10.3. The Morgan fingerprint density at radius 3 is 2.87 bits per heavy atom. The molecule has 84 valence electrons. The van der Waals surface area contributed by atoms with Crippen LogP contribution in [0.1, 0.15) is 19.5 Å². The highest BCUT2D eigenvalue weighted by Crippen LogP contribution is 1.94. The number of thiocarbonyl (C=S) groups is 1. The summed E-state index contributed by atoms with van der Waals surface area (Å²) in [6.07, 6.45) is 0. The van der Waals surface area contributed by atoms with Gasteiger partial charge in [-0.1, -0.05) is 25.2 Å². The van der Waals surface area contributed by atoms with Gasteiger partial charge in [-0.05, 0) is 18.1 Å². The van der Waals surface area contributed by atoms with Gasteiger partial charge in [0.05, 0.1) is 6.54 Å². The van der Waals surface area contributed by atoms with Gasteiger partial charge in [-0.25, -0.2) is 0 Å². The lowest BCUT2D eigenvalue weighted by molar-refractivity contribution is 0.619. The monoisotopic (exact) mass is 245 g/mol. The first-order chi connectivity index (χ1) is 7.08. The molecular weight excluding hydrogens is 230 g/mol. The topological polar surface area (TPSA) is 56.9 Å². The van der Waals surface area contributed by atoms with Crippen LogP contribution in [-0.2, 0) is 6.54 Å². The van der Waals surface area contributed by atoms with Crippen molar-refractivity contribution in [2.45, 2.75) is 20.4 Å². The van der Waals surface area contributed by atoms with Crippen molar-refractivity contribution in [1.82, 2.24) is 15.6 Å². The largest absolute Gasteiger partial charge is 0.362 e. The van der Waals surface area contributed by atoms with Crippen LogP contribution in [0.4, 0.5) is 0 Å². The average molecular weight is 245 g/mol. The van der Waals surface area contributed by atoms with Crippen LogP contribution in [-0.4, -0.2) is 16.6 Å². The molecule has 0 radical (unpaired) electrons. The van der Waals surface area contributed by atoms with Crippen LogP contribution in [0.2, 0.25) is 0 Å². The maximum absolute atomic E-state index is 10.8. The predicted molar refractivity (Wildman–Crippen MR) is 67.2 cm³/mol. The molecule has 1 rings (SSSR count). The number of hydrogen-bond acceptors (Lipinski definition) is 3. The molecule has 1 heterocycles. The molecule has 0 saturated carbocycles. The summed E-state index contributed by atoms with van der Waals surface area (Å²) >= 11 is 6.23. The fourth-order valence-corrected chi connectivity index (χ4v) is 1.67. The van der Waals surface area contributed by atoms with Crippen molar-refractivity contribution in [1.29, 1.82) is 0 Å². The van der Waals surface area contributed by atoms with Gasteiger partial charge in [0.25, 0.3) is 0 Å². The van der Waals surface area contributed by atoms with E-state index in [1.807, 2.05) is 0 Å². The third-order valence-corrected chi connectivity index (χ3v) is 2.69. The van der Waals surface area contributed by atoms with Crippen LogP contribution in [0.3, 0.4) is 0 Å². The van der Waals surface area contributed by atoms with E-state index in [-0.39, 0.29) is 4.87 Å². The summed E-state index contributed by atoms with van der Waals surface area (Å²) in [5.74, 6) is 0.561. The molecule has 0 fully saturated rings. The standard InChI is InChI=1S/C9H15N3OS2/c1-6(2)3-10-8(14)11-4-7-5-15-9(13)12-7/h5-6H,3-4H2,1-2H3,(H,12,13)(H2,10,11,14). The number of hydrogen-bond donors (Lipinski definition) is 3. The highest BCUT2D eigenvalue weighted by molar-refractivity contribution is 7.80. The summed E-state index contributed by atoms with van der Waals surface area (Å²) in [5, 5.41) is 8.53. The lowest BCUT2D eigenvalue weighted by Gasteiger charge is -2.11. The zero-order chi connectivity index (χ0) is 11.3. The van der Waals surface area contributed by atoms with Crippen LogP contribution in [0.5, 0.6) is 0 Å². The molecule has 0 aromatic carbocycles. The number of aromatic amines is 1. The average Bonchev–Trinajstić information content (AvgIpc) is 2.58. The van der Waals surface area contributed by atoms with Crippen LogP contribution in [0.15, 0.2) is 10.2 Å². The van der Waals surface area contributed by atoms with Gasteiger partial charge in [0.2, 0.25) is 0 Å². The molecule has 6 heteroatoms. The second kappa shape index (κ2) is 5.87. The Balaban J connectivity index is 2.25. The Labute approximate surface area is 98.1 Å². The quantitative estimate of drug-likeness (QED) is 0.694. The van der Waals surface area contributed by atoms with E-state index in [1.165, 1.54) is 0 Å². The first-order valence-electron chi connectivity index (χ1n) is 4.76. The molecule has 3 N–H and O–H groups in total. The molecule has 15 heavy (non-hydrogen) atoms. The third-order valence-electron chi connectivity index (χ3n) is 1.68. The smallest absolute Gasteiger partial charge is 0.304 e. The van der Waals surface area contributed by atoms with Gasteiger partial charge in [-0.15, -0.1) is 0 Å². The summed E-state index contributed by atoms with van der Waals surface area (Å²) < 4.78 is 0. The van der Waals surface area contributed by atoms with Gasteiger partial charge in [-0.3, -0.25) is 4.79 Å². The minimum absolute atomic E-state index is 0.0344. The highest BCUT2D eigenvalue weighted by Gasteiger charge is 1.99. The number of nitrogens with one attached hydrogen (secondary N) is 3. The van der Waals surface area contributed by atoms with E-state index < -0.39 is 0 Å². The van der Waals surface area contributed by atoms with Crippen molar-refractivity contribution in [3.05, 3.63) is 20.7 Å². The van der Waals surface area contributed by atoms with E-state index in [1.54, 1.807) is 5.38 Å². The molecular formula is C9H15N3OS2. The maximum atomic E-state index is 10.8. The Bertz CT molecular complexity index is 369. The lowest BCUT2D eigenvalue weighted by Crippen LogP contribution is -2.36. The summed E-state index contributed by atoms with van der Waals surface area (Å²) in [7, 11) is 0. The Hall–Kier alpha value is -0.880. The number of thiazole rings is 1. The Morgan fingerprint density at radius 1 is 1.60 bits per heavy atom. The molecule has 0 saturated heterocycles. The van der Waals surface area contributed by atoms with Crippen molar-refractivity contribution in [2.24, 2.45) is 5.92 Å². The first kappa shape index (κ1) is 12.2. The van der Waals surface area contributed by atoms with E-state index in [4.69, 9.17) is 12.2 Å². The molecule has 1 aromatic heterocycles. The Kier molecular flexibility index (Phi) is 4.77. The second-order valence-electron chi connectivity index (χ2n) is 3.63. The number of aromatic nitrogens is 1. The molecule has 0 amide bonds. The molecule has 0 aliphatic heterocycles. The van der Waals surface area contributed by atoms with Crippen LogP contribution < -0.4 is 15.5 Å². The number of H-pyrrole nitrogens is 1. The molecule has 0 aliphatic rings. The van der Waals surface area contributed by atoms with Crippen LogP contribution in [0.25, 0.3) is 0 Å². The third kappa shape index (κ3) is 4.94. The fourth-order valence-electron chi connectivity index (χ4n) is 0.935. The molecule has 0 spiro atoms. The SMILES string of the molecule is CC(C)CNC(=S)NCc1csc(=O)[nH]1. The van der Waals surface area contributed by atoms with Crippen LogP contribution in [0, 0.1) is 5.92 Å². The van der Waals surface area contributed by atoms with E-state index in [0.717, 1.165) is 23.6 Å². The number of rotatable bonds is 4. The summed E-state index contributed by atoms with van der Waals surface area (Å²) in [6.45, 7) is 5.65. The lowest BCUT2D eigenvalue weighted by atomic mass is 10.2.